The molecule has 0 spiro atoms. The fourth-order valence-corrected chi connectivity index (χ4v) is 3.68. The third kappa shape index (κ3) is 3.77. The Labute approximate surface area is 146 Å². The molecule has 1 saturated heterocycles. The Kier molecular flexibility index (Phi) is 5.05. The summed E-state index contributed by atoms with van der Waals surface area (Å²) in [6.07, 6.45) is 1.73. The molecular weight excluding hydrogens is 354 g/mol. The number of imide groups is 1. The summed E-state index contributed by atoms with van der Waals surface area (Å²) in [5, 5.41) is 4.07. The van der Waals surface area contributed by atoms with Crippen LogP contribution in [0.1, 0.15) is 5.56 Å². The van der Waals surface area contributed by atoms with Crippen LogP contribution in [-0.4, -0.2) is 29.2 Å². The minimum Gasteiger partial charge on any atom is -0.490 e. The molecule has 4 nitrogen and oxygen atoms in total. The zero-order valence-corrected chi connectivity index (χ0v) is 14.3. The molecule has 0 aliphatic carbocycles. The van der Waals surface area contributed by atoms with Gasteiger partial charge in [-0.05, 0) is 52.4 Å². The highest BCUT2D eigenvalue weighted by atomic mass is 35.5. The van der Waals surface area contributed by atoms with Crippen molar-refractivity contribution in [1.82, 2.24) is 4.90 Å². The number of carbonyl (C=O) groups is 2. The van der Waals surface area contributed by atoms with E-state index in [2.05, 4.69) is 0 Å². The quantitative estimate of drug-likeness (QED) is 0.731. The molecule has 0 unspecified atom stereocenters. The number of carbonyl (C=O) groups excluding carboxylic acids is 2. The van der Waals surface area contributed by atoms with Crippen LogP contribution >= 0.6 is 34.7 Å². The van der Waals surface area contributed by atoms with Gasteiger partial charge in [-0.15, -0.1) is 0 Å². The van der Waals surface area contributed by atoms with Gasteiger partial charge in [0.2, 0.25) is 0 Å². The lowest BCUT2D eigenvalue weighted by Gasteiger charge is -2.13. The normalized spacial score (nSPS) is 16.4. The highest BCUT2D eigenvalue weighted by molar-refractivity contribution is 8.18. The van der Waals surface area contributed by atoms with Gasteiger partial charge in [0, 0.05) is 0 Å². The highest BCUT2D eigenvalue weighted by Crippen LogP contribution is 2.32. The molecule has 0 N–H and O–H groups in total. The first-order valence-electron chi connectivity index (χ1n) is 6.80. The molecular formula is C16H12ClNO3S2. The van der Waals surface area contributed by atoms with E-state index in [1.165, 1.54) is 4.90 Å². The minimum absolute atomic E-state index is 0.191. The van der Waals surface area contributed by atoms with E-state index in [0.29, 0.717) is 15.7 Å². The van der Waals surface area contributed by atoms with Crippen LogP contribution in [-0.2, 0) is 4.79 Å². The van der Waals surface area contributed by atoms with Gasteiger partial charge in [-0.25, -0.2) is 0 Å². The van der Waals surface area contributed by atoms with Gasteiger partial charge in [-0.2, -0.15) is 11.3 Å². The van der Waals surface area contributed by atoms with E-state index < -0.39 is 0 Å². The fourth-order valence-electron chi connectivity index (χ4n) is 2.01. The van der Waals surface area contributed by atoms with Crippen LogP contribution in [0, 0.1) is 0 Å². The second-order valence-electron chi connectivity index (χ2n) is 4.67. The first-order chi connectivity index (χ1) is 11.1. The molecule has 7 heteroatoms. The lowest BCUT2D eigenvalue weighted by molar-refractivity contribution is -0.123. The number of amides is 2. The van der Waals surface area contributed by atoms with Crippen LogP contribution in [0.5, 0.6) is 5.75 Å². The van der Waals surface area contributed by atoms with Gasteiger partial charge >= 0.3 is 0 Å². The molecule has 0 radical (unpaired) electrons. The Morgan fingerprint density at radius 2 is 2.04 bits per heavy atom. The highest BCUT2D eigenvalue weighted by Gasteiger charge is 2.34. The van der Waals surface area contributed by atoms with Gasteiger partial charge in [0.25, 0.3) is 11.1 Å². The Hall–Kier alpha value is -1.76. The minimum atomic E-state index is -0.283. The molecule has 118 valence electrons. The van der Waals surface area contributed by atoms with Crippen molar-refractivity contribution in [3.8, 4) is 5.75 Å². The Morgan fingerprint density at radius 3 is 2.78 bits per heavy atom. The van der Waals surface area contributed by atoms with Crippen molar-refractivity contribution >= 4 is 51.9 Å². The molecule has 3 rings (SSSR count). The third-order valence-electron chi connectivity index (χ3n) is 3.12. The lowest BCUT2D eigenvalue weighted by Crippen LogP contribution is -2.32. The van der Waals surface area contributed by atoms with E-state index in [0.717, 1.165) is 17.3 Å². The summed E-state index contributed by atoms with van der Waals surface area (Å²) in [4.78, 5) is 25.9. The number of thiophene rings is 1. The summed E-state index contributed by atoms with van der Waals surface area (Å²) in [5.41, 5.74) is 0.924. The Balaban J connectivity index is 1.61. The Bertz CT molecular complexity index is 758. The lowest BCUT2D eigenvalue weighted by atomic mass is 10.3. The van der Waals surface area contributed by atoms with Gasteiger partial charge in [-0.1, -0.05) is 23.7 Å². The zero-order chi connectivity index (χ0) is 16.2. The van der Waals surface area contributed by atoms with Crippen LogP contribution in [0.25, 0.3) is 6.08 Å². The van der Waals surface area contributed by atoms with Crippen LogP contribution in [0.2, 0.25) is 5.02 Å². The first-order valence-corrected chi connectivity index (χ1v) is 8.94. The number of thioether (sulfide) groups is 1. The molecule has 0 atom stereocenters. The average molecular weight is 366 g/mol. The molecule has 1 aromatic heterocycles. The predicted octanol–water partition coefficient (Wildman–Crippen LogP) is 4.52. The maximum absolute atomic E-state index is 12.3. The predicted molar refractivity (Wildman–Crippen MR) is 93.9 cm³/mol. The van der Waals surface area contributed by atoms with Crippen molar-refractivity contribution in [2.75, 3.05) is 13.2 Å². The topological polar surface area (TPSA) is 46.6 Å². The second kappa shape index (κ2) is 7.21. The van der Waals surface area contributed by atoms with E-state index in [9.17, 15) is 9.59 Å². The van der Waals surface area contributed by atoms with Gasteiger partial charge in [0.1, 0.15) is 12.4 Å². The van der Waals surface area contributed by atoms with E-state index in [1.54, 1.807) is 35.6 Å². The summed E-state index contributed by atoms with van der Waals surface area (Å²) in [6, 6.07) is 8.98. The summed E-state index contributed by atoms with van der Waals surface area (Å²) in [5.74, 6) is 0.254. The zero-order valence-electron chi connectivity index (χ0n) is 11.9. The molecule has 1 aliphatic heterocycles. The van der Waals surface area contributed by atoms with Gasteiger partial charge in [0.05, 0.1) is 16.5 Å². The molecule has 2 amide bonds. The number of rotatable bonds is 5. The maximum Gasteiger partial charge on any atom is 0.293 e. The molecule has 23 heavy (non-hydrogen) atoms. The molecule has 1 aliphatic rings. The van der Waals surface area contributed by atoms with Crippen molar-refractivity contribution in [2.24, 2.45) is 0 Å². The number of ether oxygens (including phenoxy) is 1. The van der Waals surface area contributed by atoms with Crippen LogP contribution in [0.3, 0.4) is 0 Å². The molecule has 1 fully saturated rings. The number of hydrogen-bond acceptors (Lipinski definition) is 5. The van der Waals surface area contributed by atoms with Crippen LogP contribution in [0.15, 0.2) is 46.0 Å². The van der Waals surface area contributed by atoms with Crippen LogP contribution < -0.4 is 4.74 Å². The second-order valence-corrected chi connectivity index (χ2v) is 6.85. The van der Waals surface area contributed by atoms with Gasteiger partial charge in [0.15, 0.2) is 0 Å². The molecule has 0 saturated carbocycles. The van der Waals surface area contributed by atoms with Gasteiger partial charge < -0.3 is 4.74 Å². The fraction of sp³-hybridized carbons (Fsp3) is 0.125. The standard InChI is InChI=1S/C16H12ClNO3S2/c17-12-3-1-2-4-13(12)21-7-6-18-15(19)14(23-16(18)20)9-11-5-8-22-10-11/h1-5,8-10H,6-7H2/b14-9-. The number of nitrogens with zero attached hydrogens (tertiary/aromatic N) is 1. The molecule has 0 bridgehead atoms. The number of benzene rings is 1. The van der Waals surface area contributed by atoms with Crippen molar-refractivity contribution in [2.45, 2.75) is 0 Å². The average Bonchev–Trinajstić information content (AvgIpc) is 3.13. The monoisotopic (exact) mass is 365 g/mol. The maximum atomic E-state index is 12.3. The van der Waals surface area contributed by atoms with E-state index in [1.807, 2.05) is 22.9 Å². The summed E-state index contributed by atoms with van der Waals surface area (Å²) >= 11 is 8.49. The molecule has 2 heterocycles. The van der Waals surface area contributed by atoms with Crippen LogP contribution in [0.4, 0.5) is 4.79 Å². The first kappa shape index (κ1) is 16.1. The largest absolute Gasteiger partial charge is 0.490 e. The number of para-hydroxylation sites is 1. The van der Waals surface area contributed by atoms with E-state index >= 15 is 0 Å². The van der Waals surface area contributed by atoms with E-state index in [-0.39, 0.29) is 24.3 Å². The summed E-state index contributed by atoms with van der Waals surface area (Å²) in [7, 11) is 0. The van der Waals surface area contributed by atoms with Crippen molar-refractivity contribution in [1.29, 1.82) is 0 Å². The number of hydrogen-bond donors (Lipinski definition) is 0. The Morgan fingerprint density at radius 1 is 1.22 bits per heavy atom. The van der Waals surface area contributed by atoms with Crippen molar-refractivity contribution in [3.05, 3.63) is 56.6 Å². The smallest absolute Gasteiger partial charge is 0.293 e. The third-order valence-corrected chi connectivity index (χ3v) is 5.04. The van der Waals surface area contributed by atoms with Crippen molar-refractivity contribution in [3.63, 3.8) is 0 Å². The van der Waals surface area contributed by atoms with E-state index in [4.69, 9.17) is 16.3 Å². The summed E-state index contributed by atoms with van der Waals surface area (Å²) < 4.78 is 5.53. The van der Waals surface area contributed by atoms with Crippen molar-refractivity contribution < 1.29 is 14.3 Å². The molecule has 1 aromatic carbocycles. The molecule has 2 aromatic rings. The van der Waals surface area contributed by atoms with Gasteiger partial charge in [-0.3, -0.25) is 14.5 Å². The SMILES string of the molecule is O=C1S/C(=C\c2ccsc2)C(=O)N1CCOc1ccccc1Cl. The summed E-state index contributed by atoms with van der Waals surface area (Å²) in [6.45, 7) is 0.393. The number of halogens is 1.